The number of hydrogen-bond donors (Lipinski definition) is 0. The van der Waals surface area contributed by atoms with Gasteiger partial charge in [-0.25, -0.2) is 0 Å². The van der Waals surface area contributed by atoms with Gasteiger partial charge in [0.05, 0.1) is 39.8 Å². The molecule has 0 aromatic heterocycles. The fraction of sp³-hybridized carbons (Fsp3) is 0.0476. The topological polar surface area (TPSA) is 28.2 Å². The number of hydrogen-bond acceptors (Lipinski definition) is 6. The maximum Gasteiger partial charge on any atom is 0.252 e. The summed E-state index contributed by atoms with van der Waals surface area (Å²) >= 11 is 1.84. The number of fused-ring (bicyclic) bond motifs is 9. The molecule has 0 fully saturated rings. The first-order chi connectivity index (χ1) is 24.3. The summed E-state index contributed by atoms with van der Waals surface area (Å²) in [5, 5.41) is 0. The molecule has 49 heavy (non-hydrogen) atoms. The molecule has 230 valence electrons. The normalized spacial score (nSPS) is 16.3. The van der Waals surface area contributed by atoms with Crippen LogP contribution >= 0.6 is 11.8 Å². The molecule has 0 saturated carbocycles. The van der Waals surface area contributed by atoms with Gasteiger partial charge in [0.1, 0.15) is 5.76 Å². The Labute approximate surface area is 288 Å². The van der Waals surface area contributed by atoms with Gasteiger partial charge in [-0.05, 0) is 89.5 Å². The predicted octanol–water partition coefficient (Wildman–Crippen LogP) is 9.43. The average Bonchev–Trinajstić information content (AvgIpc) is 3.15. The van der Waals surface area contributed by atoms with Gasteiger partial charge >= 0.3 is 0 Å². The zero-order valence-corrected chi connectivity index (χ0v) is 27.1. The highest BCUT2D eigenvalue weighted by Crippen LogP contribution is 2.57. The highest BCUT2D eigenvalue weighted by Gasteiger charge is 2.48. The van der Waals surface area contributed by atoms with Gasteiger partial charge in [0.15, 0.2) is 17.2 Å². The van der Waals surface area contributed by atoms with Crippen LogP contribution in [0.3, 0.4) is 0 Å². The molecule has 7 heteroatoms. The number of nitrogens with zero attached hydrogens (tertiary/aromatic N) is 3. The molecule has 5 aliphatic heterocycles. The first kappa shape index (κ1) is 26.2. The minimum absolute atomic E-state index is 0.000108. The number of rotatable bonds is 1. The van der Waals surface area contributed by atoms with E-state index in [9.17, 15) is 0 Å². The van der Waals surface area contributed by atoms with Crippen LogP contribution in [0.25, 0.3) is 0 Å². The van der Waals surface area contributed by atoms with Crippen molar-refractivity contribution in [3.8, 4) is 17.2 Å². The van der Waals surface area contributed by atoms with Crippen molar-refractivity contribution in [1.29, 1.82) is 0 Å². The number of allylic oxidation sites excluding steroid dienone is 3. The van der Waals surface area contributed by atoms with Gasteiger partial charge in [-0.15, -0.1) is 0 Å². The van der Waals surface area contributed by atoms with Crippen LogP contribution < -0.4 is 40.6 Å². The van der Waals surface area contributed by atoms with E-state index < -0.39 is 0 Å². The number of ether oxygens (including phenoxy) is 2. The van der Waals surface area contributed by atoms with E-state index >= 15 is 0 Å². The van der Waals surface area contributed by atoms with Crippen molar-refractivity contribution in [2.75, 3.05) is 14.7 Å². The SMILES string of the molecule is C1=CC2=C(CC1)Oc1cccc3c1N2c1cc(N2c4ccccc4Sc4ccccc42)cc2c1B3c1cccc3c1N2c1ccccc1O3. The van der Waals surface area contributed by atoms with Crippen molar-refractivity contribution in [3.63, 3.8) is 0 Å². The molecule has 0 spiro atoms. The highest BCUT2D eigenvalue weighted by atomic mass is 32.2. The zero-order chi connectivity index (χ0) is 31.8. The van der Waals surface area contributed by atoms with Crippen molar-refractivity contribution in [2.24, 2.45) is 0 Å². The molecule has 5 heterocycles. The van der Waals surface area contributed by atoms with Gasteiger partial charge < -0.3 is 24.2 Å². The quantitative estimate of drug-likeness (QED) is 0.165. The summed E-state index contributed by atoms with van der Waals surface area (Å²) in [6.07, 6.45) is 6.40. The first-order valence-electron chi connectivity index (χ1n) is 16.9. The van der Waals surface area contributed by atoms with Gasteiger partial charge in [-0.3, -0.25) is 0 Å². The number of benzene rings is 6. The standard InChI is InChI=1S/C42H26BN3O2S/c1-5-17-34-28(13-1)45-32-23-25(44-30-15-3-7-21-38(30)49-39-22-8-4-16-31(39)44)24-33-40(32)43(26-11-9-19-36(47-34)41(26)45)27-12-10-20-37-42(27)46(33)29-14-2-6-18-35(29)48-37/h1-5,7-17,19-24H,6,18H2. The van der Waals surface area contributed by atoms with Crippen molar-refractivity contribution >= 4 is 80.4 Å². The molecule has 5 nitrogen and oxygen atoms in total. The molecule has 6 aromatic carbocycles. The van der Waals surface area contributed by atoms with E-state index in [1.54, 1.807) is 0 Å². The summed E-state index contributed by atoms with van der Waals surface area (Å²) in [7, 11) is 0. The molecule has 0 bridgehead atoms. The Balaban J connectivity index is 1.23. The zero-order valence-electron chi connectivity index (χ0n) is 26.3. The lowest BCUT2D eigenvalue weighted by molar-refractivity contribution is 0.389. The molecule has 0 saturated heterocycles. The first-order valence-corrected chi connectivity index (χ1v) is 17.7. The molecular formula is C42H26BN3O2S. The van der Waals surface area contributed by atoms with E-state index in [1.807, 2.05) is 11.8 Å². The summed E-state index contributed by atoms with van der Waals surface area (Å²) in [5.74, 6) is 3.69. The molecule has 0 amide bonds. The van der Waals surface area contributed by atoms with Crippen LogP contribution in [0.2, 0.25) is 0 Å². The largest absolute Gasteiger partial charge is 0.457 e. The fourth-order valence-corrected chi connectivity index (χ4v) is 9.76. The summed E-state index contributed by atoms with van der Waals surface area (Å²) in [6, 6.07) is 43.9. The fourth-order valence-electron chi connectivity index (χ4n) is 8.71. The van der Waals surface area contributed by atoms with E-state index in [4.69, 9.17) is 9.47 Å². The summed E-state index contributed by atoms with van der Waals surface area (Å²) in [4.78, 5) is 9.90. The molecule has 6 aromatic rings. The number of para-hydroxylation sites is 6. The summed E-state index contributed by atoms with van der Waals surface area (Å²) < 4.78 is 13.4. The number of anilines is 8. The maximum absolute atomic E-state index is 6.73. The second-order valence-electron chi connectivity index (χ2n) is 13.2. The third-order valence-corrected chi connectivity index (χ3v) is 11.7. The Morgan fingerprint density at radius 1 is 0.551 bits per heavy atom. The molecular weight excluding hydrogens is 621 g/mol. The third kappa shape index (κ3) is 3.38. The van der Waals surface area contributed by atoms with Gasteiger partial charge in [0, 0.05) is 27.6 Å². The highest BCUT2D eigenvalue weighted by molar-refractivity contribution is 7.99. The van der Waals surface area contributed by atoms with Crippen LogP contribution in [0.4, 0.5) is 45.5 Å². The Hall–Kier alpha value is -5.79. The van der Waals surface area contributed by atoms with Crippen LogP contribution in [0, 0.1) is 0 Å². The molecule has 6 aliphatic rings. The maximum atomic E-state index is 6.73. The van der Waals surface area contributed by atoms with E-state index in [2.05, 4.69) is 148 Å². The molecule has 0 radical (unpaired) electrons. The van der Waals surface area contributed by atoms with Gasteiger partial charge in [0.25, 0.3) is 6.71 Å². The Morgan fingerprint density at radius 3 is 1.92 bits per heavy atom. The van der Waals surface area contributed by atoms with E-state index in [0.717, 1.165) is 64.3 Å². The Kier molecular flexibility index (Phi) is 5.04. The minimum atomic E-state index is 0.000108. The van der Waals surface area contributed by atoms with Crippen molar-refractivity contribution in [3.05, 3.63) is 145 Å². The predicted molar refractivity (Wildman–Crippen MR) is 199 cm³/mol. The van der Waals surface area contributed by atoms with Gasteiger partial charge in [0.2, 0.25) is 0 Å². The lowest BCUT2D eigenvalue weighted by Crippen LogP contribution is -2.62. The second-order valence-corrected chi connectivity index (χ2v) is 14.3. The van der Waals surface area contributed by atoms with E-state index in [1.165, 1.54) is 48.9 Å². The smallest absolute Gasteiger partial charge is 0.252 e. The van der Waals surface area contributed by atoms with Crippen LogP contribution in [0.15, 0.2) is 155 Å². The van der Waals surface area contributed by atoms with Crippen molar-refractivity contribution < 1.29 is 9.47 Å². The Bertz CT molecular complexity index is 2500. The van der Waals surface area contributed by atoms with Crippen LogP contribution in [-0.4, -0.2) is 6.71 Å². The summed E-state index contributed by atoms with van der Waals surface area (Å²) in [6.45, 7) is 0.000108. The molecule has 1 aliphatic carbocycles. The Morgan fingerprint density at radius 2 is 1.16 bits per heavy atom. The van der Waals surface area contributed by atoms with Gasteiger partial charge in [-0.2, -0.15) is 0 Å². The van der Waals surface area contributed by atoms with Gasteiger partial charge in [-0.1, -0.05) is 78.5 Å². The average molecular weight is 648 g/mol. The van der Waals surface area contributed by atoms with E-state index in [0.29, 0.717) is 0 Å². The second kappa shape index (κ2) is 9.43. The summed E-state index contributed by atoms with van der Waals surface area (Å²) in [5.41, 5.74) is 14.1. The molecule has 0 N–H and O–H groups in total. The van der Waals surface area contributed by atoms with E-state index in [-0.39, 0.29) is 6.71 Å². The molecule has 0 unspecified atom stereocenters. The van der Waals surface area contributed by atoms with Crippen molar-refractivity contribution in [2.45, 2.75) is 22.6 Å². The third-order valence-electron chi connectivity index (χ3n) is 10.6. The molecule has 12 rings (SSSR count). The molecule has 0 atom stereocenters. The minimum Gasteiger partial charge on any atom is -0.457 e. The van der Waals surface area contributed by atoms with Crippen molar-refractivity contribution in [1.82, 2.24) is 0 Å². The van der Waals surface area contributed by atoms with Crippen LogP contribution in [-0.2, 0) is 0 Å². The van der Waals surface area contributed by atoms with Crippen LogP contribution in [0.5, 0.6) is 17.2 Å². The lowest BCUT2D eigenvalue weighted by Gasteiger charge is -2.48. The lowest BCUT2D eigenvalue weighted by atomic mass is 9.33. The monoisotopic (exact) mass is 647 g/mol. The van der Waals surface area contributed by atoms with Crippen LogP contribution in [0.1, 0.15) is 12.8 Å².